The van der Waals surface area contributed by atoms with Crippen molar-refractivity contribution in [2.24, 2.45) is 0 Å². The van der Waals surface area contributed by atoms with Crippen LogP contribution in [0.3, 0.4) is 0 Å². The fourth-order valence-corrected chi connectivity index (χ4v) is 2.31. The molecule has 1 heterocycles. The van der Waals surface area contributed by atoms with Gasteiger partial charge in [0.1, 0.15) is 5.52 Å². The zero-order valence-corrected chi connectivity index (χ0v) is 13.0. The lowest BCUT2D eigenvalue weighted by molar-refractivity contribution is 0.590. The van der Waals surface area contributed by atoms with Gasteiger partial charge in [-0.1, -0.05) is 38.4 Å². The van der Waals surface area contributed by atoms with E-state index in [4.69, 9.17) is 21.8 Å². The highest BCUT2D eigenvalue weighted by Gasteiger charge is 2.16. The highest BCUT2D eigenvalue weighted by atomic mass is 35.5. The molecule has 0 atom stereocenters. The molecule has 0 radical (unpaired) electrons. The number of halogens is 1. The van der Waals surface area contributed by atoms with Gasteiger partial charge in [0.25, 0.3) is 0 Å². The molecule has 21 heavy (non-hydrogen) atoms. The average molecular weight is 301 g/mol. The first-order chi connectivity index (χ1) is 9.84. The van der Waals surface area contributed by atoms with E-state index in [1.54, 1.807) is 12.1 Å². The second-order valence-electron chi connectivity index (χ2n) is 6.19. The summed E-state index contributed by atoms with van der Waals surface area (Å²) in [4.78, 5) is 4.56. The molecular formula is C17H17ClN2O. The van der Waals surface area contributed by atoms with Crippen LogP contribution in [0.25, 0.3) is 22.6 Å². The minimum Gasteiger partial charge on any atom is -0.436 e. The van der Waals surface area contributed by atoms with Crippen LogP contribution in [-0.4, -0.2) is 4.98 Å². The van der Waals surface area contributed by atoms with Crippen LogP contribution in [0.15, 0.2) is 40.8 Å². The predicted octanol–water partition coefficient (Wildman–Crippen LogP) is 5.03. The number of rotatable bonds is 1. The monoisotopic (exact) mass is 300 g/mol. The van der Waals surface area contributed by atoms with E-state index in [0.29, 0.717) is 16.6 Å². The van der Waals surface area contributed by atoms with Gasteiger partial charge >= 0.3 is 0 Å². The van der Waals surface area contributed by atoms with Gasteiger partial charge in [0.15, 0.2) is 5.58 Å². The van der Waals surface area contributed by atoms with Crippen LogP contribution in [0.5, 0.6) is 0 Å². The van der Waals surface area contributed by atoms with Crippen LogP contribution in [0.1, 0.15) is 26.3 Å². The van der Waals surface area contributed by atoms with Gasteiger partial charge in [-0.15, -0.1) is 0 Å². The molecule has 0 amide bonds. The van der Waals surface area contributed by atoms with Crippen LogP contribution in [-0.2, 0) is 5.41 Å². The third-order valence-electron chi connectivity index (χ3n) is 3.50. The molecule has 0 aliphatic heterocycles. The lowest BCUT2D eigenvalue weighted by atomic mass is 9.87. The minimum absolute atomic E-state index is 0.0814. The van der Waals surface area contributed by atoms with E-state index >= 15 is 0 Å². The Balaban J connectivity index is 2.10. The topological polar surface area (TPSA) is 52.0 Å². The van der Waals surface area contributed by atoms with Crippen molar-refractivity contribution in [2.75, 3.05) is 5.73 Å². The first-order valence-corrected chi connectivity index (χ1v) is 7.19. The third kappa shape index (κ3) is 2.61. The number of benzene rings is 2. The van der Waals surface area contributed by atoms with Crippen molar-refractivity contribution in [1.29, 1.82) is 0 Å². The second-order valence-corrected chi connectivity index (χ2v) is 6.60. The van der Waals surface area contributed by atoms with E-state index in [9.17, 15) is 0 Å². The van der Waals surface area contributed by atoms with Gasteiger partial charge in [0.2, 0.25) is 5.89 Å². The standard InChI is InChI=1S/C17H17ClN2O/c1-17(2,3)11-5-7-15-14(9-11)20-16(21-15)10-4-6-12(18)13(19)8-10/h4-9H,19H2,1-3H3. The van der Waals surface area contributed by atoms with Crippen LogP contribution < -0.4 is 5.73 Å². The zero-order valence-electron chi connectivity index (χ0n) is 12.3. The molecule has 3 rings (SSSR count). The summed E-state index contributed by atoms with van der Waals surface area (Å²) in [7, 11) is 0. The lowest BCUT2D eigenvalue weighted by Gasteiger charge is -2.18. The van der Waals surface area contributed by atoms with Gasteiger partial charge in [0.05, 0.1) is 10.7 Å². The number of oxazole rings is 1. The molecule has 0 bridgehead atoms. The quantitative estimate of drug-likeness (QED) is 0.641. The third-order valence-corrected chi connectivity index (χ3v) is 3.84. The molecule has 0 fully saturated rings. The Bertz CT molecular complexity index is 815. The van der Waals surface area contributed by atoms with Crippen LogP contribution in [0, 0.1) is 0 Å². The van der Waals surface area contributed by atoms with E-state index < -0.39 is 0 Å². The SMILES string of the molecule is CC(C)(C)c1ccc2oc(-c3ccc(Cl)c(N)c3)nc2c1. The molecular weight excluding hydrogens is 284 g/mol. The summed E-state index contributed by atoms with van der Waals surface area (Å²) in [6.07, 6.45) is 0. The number of anilines is 1. The van der Waals surface area contributed by atoms with E-state index in [-0.39, 0.29) is 5.41 Å². The van der Waals surface area contributed by atoms with Crippen molar-refractivity contribution in [3.8, 4) is 11.5 Å². The highest BCUT2D eigenvalue weighted by Crippen LogP contribution is 2.31. The van der Waals surface area contributed by atoms with Gasteiger partial charge in [-0.2, -0.15) is 0 Å². The molecule has 0 aliphatic rings. The summed E-state index contributed by atoms with van der Waals surface area (Å²) in [6.45, 7) is 6.53. The maximum Gasteiger partial charge on any atom is 0.227 e. The van der Waals surface area contributed by atoms with Crippen LogP contribution in [0.4, 0.5) is 5.69 Å². The summed E-state index contributed by atoms with van der Waals surface area (Å²) < 4.78 is 5.81. The van der Waals surface area contributed by atoms with E-state index in [1.165, 1.54) is 5.56 Å². The molecule has 0 saturated heterocycles. The maximum atomic E-state index is 5.94. The van der Waals surface area contributed by atoms with Crippen molar-refractivity contribution < 1.29 is 4.42 Å². The van der Waals surface area contributed by atoms with Gasteiger partial charge in [-0.3, -0.25) is 0 Å². The number of aromatic nitrogens is 1. The summed E-state index contributed by atoms with van der Waals surface area (Å²) in [5.74, 6) is 0.555. The number of hydrogen-bond acceptors (Lipinski definition) is 3. The highest BCUT2D eigenvalue weighted by molar-refractivity contribution is 6.33. The number of nitrogens with zero attached hydrogens (tertiary/aromatic N) is 1. The van der Waals surface area contributed by atoms with Crippen molar-refractivity contribution >= 4 is 28.4 Å². The van der Waals surface area contributed by atoms with E-state index in [1.807, 2.05) is 12.1 Å². The lowest BCUT2D eigenvalue weighted by Crippen LogP contribution is -2.10. The summed E-state index contributed by atoms with van der Waals surface area (Å²) in [6, 6.07) is 11.5. The Morgan fingerprint density at radius 1 is 1.10 bits per heavy atom. The predicted molar refractivity (Wildman–Crippen MR) is 87.6 cm³/mol. The van der Waals surface area contributed by atoms with Gasteiger partial charge < -0.3 is 10.2 Å². The van der Waals surface area contributed by atoms with Crippen LogP contribution in [0.2, 0.25) is 5.02 Å². The fourth-order valence-electron chi connectivity index (χ4n) is 2.19. The minimum atomic E-state index is 0.0814. The van der Waals surface area contributed by atoms with E-state index in [0.717, 1.165) is 16.7 Å². The van der Waals surface area contributed by atoms with Crippen molar-refractivity contribution in [3.05, 3.63) is 47.0 Å². The zero-order chi connectivity index (χ0) is 15.2. The number of fused-ring (bicyclic) bond motifs is 1. The Morgan fingerprint density at radius 2 is 1.86 bits per heavy atom. The number of nitrogens with two attached hydrogens (primary N) is 1. The first kappa shape index (κ1) is 14.0. The molecule has 0 unspecified atom stereocenters. The van der Waals surface area contributed by atoms with Crippen LogP contribution >= 0.6 is 11.6 Å². The fraction of sp³-hybridized carbons (Fsp3) is 0.235. The van der Waals surface area contributed by atoms with Gasteiger partial charge in [-0.05, 0) is 41.3 Å². The number of hydrogen-bond donors (Lipinski definition) is 1. The molecule has 0 aliphatic carbocycles. The maximum absolute atomic E-state index is 5.94. The number of nitrogen functional groups attached to an aromatic ring is 1. The van der Waals surface area contributed by atoms with E-state index in [2.05, 4.69) is 37.9 Å². The van der Waals surface area contributed by atoms with Gasteiger partial charge in [0, 0.05) is 5.56 Å². The Hall–Kier alpha value is -2.00. The van der Waals surface area contributed by atoms with Crippen molar-refractivity contribution in [3.63, 3.8) is 0 Å². The van der Waals surface area contributed by atoms with Gasteiger partial charge in [-0.25, -0.2) is 4.98 Å². The Labute approximate surface area is 128 Å². The molecule has 2 aromatic carbocycles. The molecule has 108 valence electrons. The Kier molecular flexibility index (Phi) is 3.18. The summed E-state index contributed by atoms with van der Waals surface area (Å²) >= 11 is 5.94. The first-order valence-electron chi connectivity index (χ1n) is 6.81. The Morgan fingerprint density at radius 3 is 2.52 bits per heavy atom. The molecule has 2 N–H and O–H groups in total. The second kappa shape index (κ2) is 4.78. The summed E-state index contributed by atoms with van der Waals surface area (Å²) in [5.41, 5.74) is 10.1. The largest absolute Gasteiger partial charge is 0.436 e. The summed E-state index contributed by atoms with van der Waals surface area (Å²) in [5, 5.41) is 0.532. The normalized spacial score (nSPS) is 12.0. The molecule has 1 aromatic heterocycles. The average Bonchev–Trinajstić information content (AvgIpc) is 2.83. The molecule has 3 aromatic rings. The molecule has 0 saturated carbocycles. The molecule has 4 heteroatoms. The van der Waals surface area contributed by atoms with Crippen molar-refractivity contribution in [1.82, 2.24) is 4.98 Å². The smallest absolute Gasteiger partial charge is 0.227 e. The molecule has 0 spiro atoms. The van der Waals surface area contributed by atoms with Crippen molar-refractivity contribution in [2.45, 2.75) is 26.2 Å². The molecule has 3 nitrogen and oxygen atoms in total.